The fourth-order valence-electron chi connectivity index (χ4n) is 1.67. The normalized spacial score (nSPS) is 20.3. The van der Waals surface area contributed by atoms with Gasteiger partial charge in [0.25, 0.3) is 5.91 Å². The summed E-state index contributed by atoms with van der Waals surface area (Å²) in [5.74, 6) is 0.330. The van der Waals surface area contributed by atoms with Crippen LogP contribution in [0.15, 0.2) is 10.6 Å². The van der Waals surface area contributed by atoms with Crippen LogP contribution < -0.4 is 0 Å². The van der Waals surface area contributed by atoms with Crippen molar-refractivity contribution in [3.05, 3.63) is 17.5 Å². The second-order valence-electron chi connectivity index (χ2n) is 3.75. The van der Waals surface area contributed by atoms with Crippen molar-refractivity contribution in [1.82, 2.24) is 10.1 Å². The van der Waals surface area contributed by atoms with E-state index in [0.29, 0.717) is 18.1 Å². The van der Waals surface area contributed by atoms with Crippen LogP contribution in [0.1, 0.15) is 16.2 Å². The van der Waals surface area contributed by atoms with Crippen LogP contribution in [0.5, 0.6) is 0 Å². The van der Waals surface area contributed by atoms with Gasteiger partial charge in [0.15, 0.2) is 5.69 Å². The minimum Gasteiger partial charge on any atom is -0.480 e. The van der Waals surface area contributed by atoms with Crippen molar-refractivity contribution >= 4 is 23.6 Å². The summed E-state index contributed by atoms with van der Waals surface area (Å²) in [5.41, 5.74) is 0.167. The van der Waals surface area contributed by atoms with Gasteiger partial charge in [0.05, 0.1) is 0 Å². The second kappa shape index (κ2) is 4.79. The van der Waals surface area contributed by atoms with Crippen molar-refractivity contribution in [3.63, 3.8) is 0 Å². The molecule has 17 heavy (non-hydrogen) atoms. The van der Waals surface area contributed by atoms with Gasteiger partial charge in [-0.05, 0) is 6.92 Å². The quantitative estimate of drug-likeness (QED) is 0.835. The highest BCUT2D eigenvalue weighted by Crippen LogP contribution is 2.19. The van der Waals surface area contributed by atoms with E-state index in [1.54, 1.807) is 6.92 Å². The van der Waals surface area contributed by atoms with Crippen LogP contribution in [-0.4, -0.2) is 51.1 Å². The van der Waals surface area contributed by atoms with Gasteiger partial charge in [0.2, 0.25) is 0 Å². The van der Waals surface area contributed by atoms with E-state index in [0.717, 1.165) is 5.75 Å². The molecule has 0 aliphatic carbocycles. The molecule has 1 aliphatic rings. The summed E-state index contributed by atoms with van der Waals surface area (Å²) in [6, 6.07) is 0.737. The summed E-state index contributed by atoms with van der Waals surface area (Å²) in [6.45, 7) is 2.11. The maximum absolute atomic E-state index is 12.1. The number of aryl methyl sites for hydroxylation is 1. The molecule has 0 bridgehead atoms. The Hall–Kier alpha value is -1.50. The standard InChI is InChI=1S/C10H12N2O4S/c1-6-4-7(11-16-6)9(13)12-2-3-17-5-8(12)10(14)15/h4,8H,2-3,5H2,1H3,(H,14,15). The number of carbonyl (C=O) groups is 2. The third kappa shape index (κ3) is 2.44. The lowest BCUT2D eigenvalue weighted by Crippen LogP contribution is -2.50. The van der Waals surface area contributed by atoms with Gasteiger partial charge in [-0.1, -0.05) is 5.16 Å². The van der Waals surface area contributed by atoms with Crippen molar-refractivity contribution in [2.24, 2.45) is 0 Å². The lowest BCUT2D eigenvalue weighted by atomic mass is 10.2. The Kier molecular flexibility index (Phi) is 3.37. The highest BCUT2D eigenvalue weighted by molar-refractivity contribution is 7.99. The van der Waals surface area contributed by atoms with Crippen LogP contribution in [0.25, 0.3) is 0 Å². The number of carboxylic acids is 1. The van der Waals surface area contributed by atoms with E-state index in [2.05, 4.69) is 5.16 Å². The van der Waals surface area contributed by atoms with E-state index in [1.165, 1.54) is 22.7 Å². The first-order chi connectivity index (χ1) is 8.09. The van der Waals surface area contributed by atoms with Gasteiger partial charge in [0, 0.05) is 24.1 Å². The fraction of sp³-hybridized carbons (Fsp3) is 0.500. The molecule has 1 N–H and O–H groups in total. The Morgan fingerprint density at radius 2 is 2.41 bits per heavy atom. The average molecular weight is 256 g/mol. The van der Waals surface area contributed by atoms with E-state index in [9.17, 15) is 9.59 Å². The molecule has 0 spiro atoms. The average Bonchev–Trinajstić information content (AvgIpc) is 2.75. The van der Waals surface area contributed by atoms with E-state index < -0.39 is 12.0 Å². The van der Waals surface area contributed by atoms with E-state index in [1.807, 2.05) is 0 Å². The molecule has 0 aromatic carbocycles. The van der Waals surface area contributed by atoms with Crippen LogP contribution in [0.2, 0.25) is 0 Å². The number of carboxylic acid groups (broad SMARTS) is 1. The Labute approximate surface area is 102 Å². The monoisotopic (exact) mass is 256 g/mol. The number of amides is 1. The maximum Gasteiger partial charge on any atom is 0.327 e. The highest BCUT2D eigenvalue weighted by Gasteiger charge is 2.33. The zero-order valence-corrected chi connectivity index (χ0v) is 10.1. The Morgan fingerprint density at radius 1 is 1.65 bits per heavy atom. The third-order valence-electron chi connectivity index (χ3n) is 2.52. The summed E-state index contributed by atoms with van der Waals surface area (Å²) in [7, 11) is 0. The van der Waals surface area contributed by atoms with Crippen LogP contribution >= 0.6 is 11.8 Å². The summed E-state index contributed by atoms with van der Waals surface area (Å²) < 4.78 is 4.82. The molecule has 6 nitrogen and oxygen atoms in total. The second-order valence-corrected chi connectivity index (χ2v) is 4.90. The van der Waals surface area contributed by atoms with Crippen molar-refractivity contribution in [2.75, 3.05) is 18.1 Å². The number of hydrogen-bond donors (Lipinski definition) is 1. The van der Waals surface area contributed by atoms with E-state index in [4.69, 9.17) is 9.63 Å². The zero-order valence-electron chi connectivity index (χ0n) is 9.25. The first-order valence-electron chi connectivity index (χ1n) is 5.14. The molecular formula is C10H12N2O4S. The Morgan fingerprint density at radius 3 is 3.00 bits per heavy atom. The van der Waals surface area contributed by atoms with E-state index in [-0.39, 0.29) is 11.6 Å². The number of rotatable bonds is 2. The number of thioether (sulfide) groups is 1. The molecular weight excluding hydrogens is 244 g/mol. The predicted octanol–water partition coefficient (Wildman–Crippen LogP) is 0.625. The number of aromatic nitrogens is 1. The van der Waals surface area contributed by atoms with Gasteiger partial charge >= 0.3 is 5.97 Å². The Bertz CT molecular complexity index is 445. The largest absolute Gasteiger partial charge is 0.480 e. The predicted molar refractivity (Wildman–Crippen MR) is 61.0 cm³/mol. The van der Waals surface area contributed by atoms with Crippen LogP contribution in [0.3, 0.4) is 0 Å². The molecule has 2 heterocycles. The molecule has 1 unspecified atom stereocenters. The molecule has 7 heteroatoms. The van der Waals surface area contributed by atoms with Crippen LogP contribution in [-0.2, 0) is 4.79 Å². The minimum atomic E-state index is -0.981. The number of nitrogens with zero attached hydrogens (tertiary/aromatic N) is 2. The molecule has 1 atom stereocenters. The zero-order chi connectivity index (χ0) is 12.4. The molecule has 1 aromatic rings. The van der Waals surface area contributed by atoms with Crippen molar-refractivity contribution in [1.29, 1.82) is 0 Å². The first kappa shape index (κ1) is 12.0. The SMILES string of the molecule is Cc1cc(C(=O)N2CCSCC2C(=O)O)no1. The van der Waals surface area contributed by atoms with Gasteiger partial charge in [-0.15, -0.1) is 0 Å². The molecule has 0 radical (unpaired) electrons. The molecule has 1 aliphatic heterocycles. The molecule has 1 amide bonds. The smallest absolute Gasteiger partial charge is 0.327 e. The molecule has 1 saturated heterocycles. The highest BCUT2D eigenvalue weighted by atomic mass is 32.2. The van der Waals surface area contributed by atoms with Crippen molar-refractivity contribution in [3.8, 4) is 0 Å². The molecule has 92 valence electrons. The lowest BCUT2D eigenvalue weighted by molar-refractivity contribution is -0.141. The third-order valence-corrected chi connectivity index (χ3v) is 3.54. The van der Waals surface area contributed by atoms with Crippen molar-refractivity contribution < 1.29 is 19.2 Å². The van der Waals surface area contributed by atoms with Gasteiger partial charge < -0.3 is 14.5 Å². The Balaban J connectivity index is 2.19. The number of hydrogen-bond acceptors (Lipinski definition) is 5. The topological polar surface area (TPSA) is 83.6 Å². The summed E-state index contributed by atoms with van der Waals surface area (Å²) >= 11 is 1.53. The number of carbonyl (C=O) groups excluding carboxylic acids is 1. The molecule has 2 rings (SSSR count). The summed E-state index contributed by atoms with van der Waals surface area (Å²) in [6.07, 6.45) is 0. The molecule has 1 aromatic heterocycles. The first-order valence-corrected chi connectivity index (χ1v) is 6.30. The van der Waals surface area contributed by atoms with Crippen LogP contribution in [0, 0.1) is 6.92 Å². The fourth-order valence-corrected chi connectivity index (χ4v) is 2.70. The van der Waals surface area contributed by atoms with Gasteiger partial charge in [0.1, 0.15) is 11.8 Å². The summed E-state index contributed by atoms with van der Waals surface area (Å²) in [5, 5.41) is 12.7. The van der Waals surface area contributed by atoms with Crippen LogP contribution in [0.4, 0.5) is 0 Å². The molecule has 0 saturated carbocycles. The molecule has 1 fully saturated rings. The number of aliphatic carboxylic acids is 1. The van der Waals surface area contributed by atoms with Gasteiger partial charge in [-0.25, -0.2) is 4.79 Å². The van der Waals surface area contributed by atoms with Gasteiger partial charge in [-0.2, -0.15) is 11.8 Å². The lowest BCUT2D eigenvalue weighted by Gasteiger charge is -2.31. The van der Waals surface area contributed by atoms with E-state index >= 15 is 0 Å². The maximum atomic E-state index is 12.1. The van der Waals surface area contributed by atoms with Gasteiger partial charge in [-0.3, -0.25) is 4.79 Å². The summed E-state index contributed by atoms with van der Waals surface area (Å²) in [4.78, 5) is 24.5. The van der Waals surface area contributed by atoms with Crippen molar-refractivity contribution in [2.45, 2.75) is 13.0 Å². The minimum absolute atomic E-state index is 0.167.